The quantitative estimate of drug-likeness (QED) is 0.815. The van der Waals surface area contributed by atoms with Gasteiger partial charge in [0.25, 0.3) is 0 Å². The van der Waals surface area contributed by atoms with Crippen LogP contribution in [0.15, 0.2) is 29.2 Å². The lowest BCUT2D eigenvalue weighted by molar-refractivity contribution is -0.145. The lowest BCUT2D eigenvalue weighted by atomic mass is 9.99. The number of sulfone groups is 1. The van der Waals surface area contributed by atoms with E-state index in [1.165, 1.54) is 0 Å². The summed E-state index contributed by atoms with van der Waals surface area (Å²) in [6, 6.07) is 6.19. The van der Waals surface area contributed by atoms with Gasteiger partial charge in [-0.15, -0.1) is 0 Å². The molecule has 7 heteroatoms. The monoisotopic (exact) mass is 310 g/mol. The van der Waals surface area contributed by atoms with Gasteiger partial charge in [0.1, 0.15) is 6.04 Å². The summed E-state index contributed by atoms with van der Waals surface area (Å²) in [6.07, 6.45) is 0.448. The molecule has 3 rings (SSSR count). The number of hydrogen-bond donors (Lipinski definition) is 2. The van der Waals surface area contributed by atoms with Crippen LogP contribution in [0.5, 0.6) is 0 Å². The number of rotatable bonds is 2. The summed E-state index contributed by atoms with van der Waals surface area (Å²) >= 11 is 0. The van der Waals surface area contributed by atoms with Crippen molar-refractivity contribution in [3.63, 3.8) is 0 Å². The van der Waals surface area contributed by atoms with Gasteiger partial charge in [-0.2, -0.15) is 0 Å². The molecule has 0 aliphatic carbocycles. The molecular formula is C14H18N2O4S. The fourth-order valence-corrected chi connectivity index (χ4v) is 4.84. The predicted molar refractivity (Wildman–Crippen MR) is 76.9 cm³/mol. The Balaban J connectivity index is 2.01. The Hall–Kier alpha value is -1.44. The van der Waals surface area contributed by atoms with E-state index in [0.29, 0.717) is 24.4 Å². The van der Waals surface area contributed by atoms with Gasteiger partial charge in [-0.25, -0.2) is 8.42 Å². The first-order valence-electron chi connectivity index (χ1n) is 7.01. The molecular weight excluding hydrogens is 292 g/mol. The fraction of sp³-hybridized carbons (Fsp3) is 0.500. The third kappa shape index (κ3) is 2.56. The first-order chi connectivity index (χ1) is 10.0. The number of carboxylic acids is 1. The van der Waals surface area contributed by atoms with E-state index in [9.17, 15) is 18.3 Å². The van der Waals surface area contributed by atoms with Crippen LogP contribution in [-0.4, -0.2) is 55.8 Å². The van der Waals surface area contributed by atoms with Crippen LogP contribution in [0, 0.1) is 0 Å². The number of nitrogens with one attached hydrogen (secondary N) is 1. The number of carboxylic acid groups (broad SMARTS) is 1. The molecule has 2 heterocycles. The second-order valence-electron chi connectivity index (χ2n) is 5.46. The van der Waals surface area contributed by atoms with Crippen LogP contribution in [-0.2, 0) is 14.6 Å². The number of piperazine rings is 1. The lowest BCUT2D eigenvalue weighted by Crippen LogP contribution is -2.56. The van der Waals surface area contributed by atoms with E-state index in [4.69, 9.17) is 0 Å². The Bertz CT molecular complexity index is 659. The molecule has 0 aromatic heterocycles. The Morgan fingerprint density at radius 1 is 1.33 bits per heavy atom. The Morgan fingerprint density at radius 3 is 2.86 bits per heavy atom. The Kier molecular flexibility index (Phi) is 3.73. The second kappa shape index (κ2) is 5.40. The Morgan fingerprint density at radius 2 is 2.10 bits per heavy atom. The average Bonchev–Trinajstić information content (AvgIpc) is 2.47. The van der Waals surface area contributed by atoms with Crippen molar-refractivity contribution >= 4 is 15.8 Å². The van der Waals surface area contributed by atoms with Crippen LogP contribution >= 0.6 is 0 Å². The molecule has 0 spiro atoms. The van der Waals surface area contributed by atoms with Crippen molar-refractivity contribution in [2.45, 2.75) is 23.4 Å². The van der Waals surface area contributed by atoms with Crippen LogP contribution in [0.1, 0.15) is 18.0 Å². The minimum atomic E-state index is -3.24. The summed E-state index contributed by atoms with van der Waals surface area (Å²) in [7, 11) is -3.24. The maximum Gasteiger partial charge on any atom is 0.322 e. The zero-order chi connectivity index (χ0) is 15.0. The second-order valence-corrected chi connectivity index (χ2v) is 7.53. The normalized spacial score (nSPS) is 28.8. The van der Waals surface area contributed by atoms with Gasteiger partial charge in [0.15, 0.2) is 9.84 Å². The van der Waals surface area contributed by atoms with Crippen LogP contribution in [0.2, 0.25) is 0 Å². The SMILES string of the molecule is O=C(O)C1CNCCN1C1CCS(=O)(=O)c2ccccc21. The van der Waals surface area contributed by atoms with Crippen molar-refractivity contribution in [3.8, 4) is 0 Å². The van der Waals surface area contributed by atoms with E-state index in [2.05, 4.69) is 5.32 Å². The number of carbonyl (C=O) groups is 1. The summed E-state index contributed by atoms with van der Waals surface area (Å²) in [5.41, 5.74) is 0.733. The van der Waals surface area contributed by atoms with E-state index in [1.807, 2.05) is 11.0 Å². The molecule has 6 nitrogen and oxygen atoms in total. The standard InChI is InChI=1S/C14H18N2O4S/c17-14(18)12-9-15-6-7-16(12)11-5-8-21(19,20)13-4-2-1-3-10(11)13/h1-4,11-12,15H,5-9H2,(H,17,18). The summed E-state index contributed by atoms with van der Waals surface area (Å²) in [4.78, 5) is 13.7. The predicted octanol–water partition coefficient (Wildman–Crippen LogP) is 0.264. The van der Waals surface area contributed by atoms with Gasteiger partial charge in [0.2, 0.25) is 0 Å². The topological polar surface area (TPSA) is 86.7 Å². The van der Waals surface area contributed by atoms with E-state index in [1.54, 1.807) is 18.2 Å². The van der Waals surface area contributed by atoms with Gasteiger partial charge in [-0.1, -0.05) is 18.2 Å². The molecule has 0 saturated carbocycles. The first-order valence-corrected chi connectivity index (χ1v) is 8.67. The molecule has 1 fully saturated rings. The molecule has 2 N–H and O–H groups in total. The number of fused-ring (bicyclic) bond motifs is 1. The van der Waals surface area contributed by atoms with Crippen molar-refractivity contribution in [1.82, 2.24) is 10.2 Å². The molecule has 2 aliphatic heterocycles. The van der Waals surface area contributed by atoms with E-state index < -0.39 is 21.8 Å². The van der Waals surface area contributed by atoms with Crippen molar-refractivity contribution < 1.29 is 18.3 Å². The molecule has 0 bridgehead atoms. The van der Waals surface area contributed by atoms with Gasteiger partial charge in [0.05, 0.1) is 10.6 Å². The number of benzene rings is 1. The highest BCUT2D eigenvalue weighted by Gasteiger charge is 2.39. The average molecular weight is 310 g/mol. The maximum atomic E-state index is 12.2. The molecule has 2 atom stereocenters. The van der Waals surface area contributed by atoms with Crippen molar-refractivity contribution in [3.05, 3.63) is 29.8 Å². The molecule has 0 radical (unpaired) electrons. The van der Waals surface area contributed by atoms with Gasteiger partial charge >= 0.3 is 5.97 Å². The highest BCUT2D eigenvalue weighted by atomic mass is 32.2. The molecule has 1 saturated heterocycles. The molecule has 1 aromatic carbocycles. The number of hydrogen-bond acceptors (Lipinski definition) is 5. The van der Waals surface area contributed by atoms with Crippen LogP contribution in [0.3, 0.4) is 0 Å². The van der Waals surface area contributed by atoms with Gasteiger partial charge in [-0.3, -0.25) is 9.69 Å². The van der Waals surface area contributed by atoms with Gasteiger partial charge in [-0.05, 0) is 18.1 Å². The van der Waals surface area contributed by atoms with Crippen molar-refractivity contribution in [2.24, 2.45) is 0 Å². The number of nitrogens with zero attached hydrogens (tertiary/aromatic N) is 1. The smallest absolute Gasteiger partial charge is 0.322 e. The van der Waals surface area contributed by atoms with Gasteiger partial charge in [0, 0.05) is 25.7 Å². The molecule has 2 aliphatic rings. The largest absolute Gasteiger partial charge is 0.480 e. The number of aliphatic carboxylic acids is 1. The highest BCUT2D eigenvalue weighted by Crippen LogP contribution is 2.37. The van der Waals surface area contributed by atoms with Gasteiger partial charge < -0.3 is 10.4 Å². The minimum absolute atomic E-state index is 0.0744. The van der Waals surface area contributed by atoms with E-state index in [-0.39, 0.29) is 11.8 Å². The molecule has 114 valence electrons. The van der Waals surface area contributed by atoms with Crippen molar-refractivity contribution in [1.29, 1.82) is 0 Å². The lowest BCUT2D eigenvalue weighted by Gasteiger charge is -2.41. The molecule has 21 heavy (non-hydrogen) atoms. The fourth-order valence-electron chi connectivity index (χ4n) is 3.24. The summed E-state index contributed by atoms with van der Waals surface area (Å²) in [6.45, 7) is 1.71. The molecule has 2 unspecified atom stereocenters. The maximum absolute atomic E-state index is 12.2. The van der Waals surface area contributed by atoms with E-state index in [0.717, 1.165) is 12.1 Å². The van der Waals surface area contributed by atoms with E-state index >= 15 is 0 Å². The van der Waals surface area contributed by atoms with Crippen LogP contribution < -0.4 is 5.32 Å². The van der Waals surface area contributed by atoms with Crippen LogP contribution in [0.25, 0.3) is 0 Å². The van der Waals surface area contributed by atoms with Crippen molar-refractivity contribution in [2.75, 3.05) is 25.4 Å². The Labute approximate surface area is 123 Å². The third-order valence-corrected chi connectivity index (χ3v) is 6.06. The third-order valence-electron chi connectivity index (χ3n) is 4.24. The molecule has 0 amide bonds. The zero-order valence-electron chi connectivity index (χ0n) is 11.5. The summed E-state index contributed by atoms with van der Waals surface area (Å²) < 4.78 is 24.3. The summed E-state index contributed by atoms with van der Waals surface area (Å²) in [5, 5.41) is 12.5. The molecule has 1 aromatic rings. The summed E-state index contributed by atoms with van der Waals surface area (Å²) in [5.74, 6) is -0.793. The van der Waals surface area contributed by atoms with Crippen LogP contribution in [0.4, 0.5) is 0 Å². The first kappa shape index (κ1) is 14.5. The zero-order valence-corrected chi connectivity index (χ0v) is 12.3. The highest BCUT2D eigenvalue weighted by molar-refractivity contribution is 7.91. The minimum Gasteiger partial charge on any atom is -0.480 e.